The number of hydrogen-bond acceptors (Lipinski definition) is 2. The molecule has 0 saturated carbocycles. The molecule has 0 aromatic rings. The van der Waals surface area contributed by atoms with Crippen LogP contribution >= 0.6 is 0 Å². The van der Waals surface area contributed by atoms with Crippen LogP contribution in [0.1, 0.15) is 34.1 Å². The van der Waals surface area contributed by atoms with Crippen molar-refractivity contribution in [3.8, 4) is 0 Å². The van der Waals surface area contributed by atoms with Crippen molar-refractivity contribution in [1.82, 2.24) is 0 Å². The molecule has 0 radical (unpaired) electrons. The van der Waals surface area contributed by atoms with Crippen LogP contribution in [-0.4, -0.2) is 10.5 Å². The summed E-state index contributed by atoms with van der Waals surface area (Å²) in [5.41, 5.74) is 0. The van der Waals surface area contributed by atoms with Gasteiger partial charge in [-0.25, -0.2) is 0 Å². The van der Waals surface area contributed by atoms with E-state index in [0.717, 1.165) is 0 Å². The molecule has 0 rings (SSSR count). The van der Waals surface area contributed by atoms with Crippen molar-refractivity contribution in [3.05, 3.63) is 0 Å². The zero-order chi connectivity index (χ0) is 6.71. The van der Waals surface area contributed by atoms with Crippen LogP contribution in [0.3, 0.4) is 0 Å². The first-order chi connectivity index (χ1) is 3.41. The second-order valence-electron chi connectivity index (χ2n) is 0.707. The summed E-state index contributed by atoms with van der Waals surface area (Å²) in [7, 11) is 0. The van der Waals surface area contributed by atoms with Gasteiger partial charge in [-0.05, 0) is 0 Å². The third-order valence-electron chi connectivity index (χ3n) is 0. The summed E-state index contributed by atoms with van der Waals surface area (Å²) in [5, 5.41) is 12.0. The van der Waals surface area contributed by atoms with E-state index in [1.807, 2.05) is 13.8 Å². The summed E-state index contributed by atoms with van der Waals surface area (Å²) >= 11 is 0. The van der Waals surface area contributed by atoms with Crippen molar-refractivity contribution in [2.24, 2.45) is 0 Å². The number of hydrogen-bond donors (Lipinski definition) is 2. The average molecular weight is 108 g/mol. The largest absolute Gasteiger partial charge is 0.255 e. The minimum Gasteiger partial charge on any atom is -0.255 e. The van der Waals surface area contributed by atoms with Gasteiger partial charge in [-0.3, -0.25) is 10.5 Å². The zero-order valence-electron chi connectivity index (χ0n) is 5.60. The molecule has 0 bridgehead atoms. The van der Waals surface area contributed by atoms with E-state index in [1.54, 1.807) is 0 Å². The molecule has 0 aromatic carbocycles. The first kappa shape index (κ1) is 15.8. The highest BCUT2D eigenvalue weighted by atomic mass is 17.0. The van der Waals surface area contributed by atoms with Crippen LogP contribution in [0.25, 0.3) is 0 Å². The monoisotopic (exact) mass is 108 g/mol. The molecule has 2 heteroatoms. The summed E-state index contributed by atoms with van der Waals surface area (Å²) in [5.74, 6) is 0. The third-order valence-corrected chi connectivity index (χ3v) is 0. The lowest BCUT2D eigenvalue weighted by molar-refractivity contribution is -0.176. The van der Waals surface area contributed by atoms with E-state index >= 15 is 0 Å². The van der Waals surface area contributed by atoms with Crippen LogP contribution in [0.4, 0.5) is 0 Å². The molecule has 0 heterocycles. The Kier molecular flexibility index (Phi) is 382. The Morgan fingerprint density at radius 3 is 1.00 bits per heavy atom. The van der Waals surface area contributed by atoms with Gasteiger partial charge < -0.3 is 0 Å². The maximum atomic E-state index is 6.00. The summed E-state index contributed by atoms with van der Waals surface area (Å²) in [6, 6.07) is 0. The Bertz CT molecular complexity index is 6.04. The van der Waals surface area contributed by atoms with Gasteiger partial charge in [-0.2, -0.15) is 0 Å². The normalized spacial score (nSPS) is 4.29. The Labute approximate surface area is 45.7 Å². The molecule has 2 N–H and O–H groups in total. The highest BCUT2D eigenvalue weighted by molar-refractivity contribution is 3.92. The maximum absolute atomic E-state index is 6.00. The Balaban J connectivity index is -0.0000000360. The molecule has 0 spiro atoms. The van der Waals surface area contributed by atoms with Gasteiger partial charge in [-0.1, -0.05) is 34.1 Å². The van der Waals surface area contributed by atoms with Crippen molar-refractivity contribution < 1.29 is 10.5 Å². The fourth-order valence-electron chi connectivity index (χ4n) is 0. The summed E-state index contributed by atoms with van der Waals surface area (Å²) in [6.07, 6.45) is 1.25. The van der Waals surface area contributed by atoms with Crippen LogP contribution in [0, 0.1) is 0 Å². The van der Waals surface area contributed by atoms with E-state index in [9.17, 15) is 0 Å². The van der Waals surface area contributed by atoms with Crippen molar-refractivity contribution in [3.63, 3.8) is 0 Å². The van der Waals surface area contributed by atoms with Gasteiger partial charge in [0.05, 0.1) is 0 Å². The molecule has 2 nitrogen and oxygen atoms in total. The van der Waals surface area contributed by atoms with E-state index in [-0.39, 0.29) is 0 Å². The molecule has 0 aliphatic rings. The van der Waals surface area contributed by atoms with E-state index in [4.69, 9.17) is 10.5 Å². The van der Waals surface area contributed by atoms with E-state index < -0.39 is 0 Å². The van der Waals surface area contributed by atoms with E-state index in [2.05, 4.69) is 13.8 Å². The van der Waals surface area contributed by atoms with Gasteiger partial charge in [0.15, 0.2) is 0 Å². The lowest BCUT2D eigenvalue weighted by Crippen LogP contribution is -1.29. The lowest BCUT2D eigenvalue weighted by atomic mass is 10.6. The molecule has 0 unspecified atom stereocenters. The molecule has 0 aliphatic heterocycles. The molecule has 0 fully saturated rings. The summed E-state index contributed by atoms with van der Waals surface area (Å²) < 4.78 is 0. The highest BCUT2D eigenvalue weighted by Crippen LogP contribution is 1.56. The minimum atomic E-state index is 1.25. The van der Waals surface area contributed by atoms with E-state index in [1.165, 1.54) is 6.42 Å². The Hall–Kier alpha value is -0.0800. The second-order valence-corrected chi connectivity index (χ2v) is 0.707. The average Bonchev–Trinajstić information content (AvgIpc) is 1.78. The van der Waals surface area contributed by atoms with Crippen molar-refractivity contribution in [2.75, 3.05) is 0 Å². The first-order valence-corrected chi connectivity index (χ1v) is 2.61. The van der Waals surface area contributed by atoms with Crippen LogP contribution in [0.2, 0.25) is 0 Å². The summed E-state index contributed by atoms with van der Waals surface area (Å²) in [4.78, 5) is 0. The fourth-order valence-corrected chi connectivity index (χ4v) is 0. The molecular formula is C5H16O2. The van der Waals surface area contributed by atoms with Gasteiger partial charge in [-0.15, -0.1) is 0 Å². The molecule has 0 aliphatic carbocycles. The smallest absolute Gasteiger partial charge is 0.0590 e. The van der Waals surface area contributed by atoms with Crippen LogP contribution in [0.5, 0.6) is 0 Å². The first-order valence-electron chi connectivity index (χ1n) is 2.61. The predicted octanol–water partition coefficient (Wildman–Crippen LogP) is 2.46. The topological polar surface area (TPSA) is 40.5 Å². The highest BCUT2D eigenvalue weighted by Gasteiger charge is 1.35. The molecule has 0 aromatic heterocycles. The second kappa shape index (κ2) is 169. The quantitative estimate of drug-likeness (QED) is 0.369. The minimum absolute atomic E-state index is 1.25. The van der Waals surface area contributed by atoms with Gasteiger partial charge in [0.2, 0.25) is 0 Å². The van der Waals surface area contributed by atoms with Crippen LogP contribution < -0.4 is 0 Å². The summed E-state index contributed by atoms with van der Waals surface area (Å²) in [6.45, 7) is 8.25. The Morgan fingerprint density at radius 1 is 1.00 bits per heavy atom. The predicted molar refractivity (Wildman–Crippen MR) is 32.6 cm³/mol. The van der Waals surface area contributed by atoms with Gasteiger partial charge >= 0.3 is 0 Å². The number of rotatable bonds is 0. The van der Waals surface area contributed by atoms with Crippen molar-refractivity contribution >= 4 is 0 Å². The molecular weight excluding hydrogens is 92.1 g/mol. The van der Waals surface area contributed by atoms with E-state index in [0.29, 0.717) is 0 Å². The van der Waals surface area contributed by atoms with Gasteiger partial charge in [0.25, 0.3) is 0 Å². The van der Waals surface area contributed by atoms with Crippen molar-refractivity contribution in [1.29, 1.82) is 0 Å². The van der Waals surface area contributed by atoms with Crippen molar-refractivity contribution in [2.45, 2.75) is 34.1 Å². The standard InChI is InChI=1S/C3H8.C2H6.H2O2/c1-3-2;2*1-2/h3H2,1-2H3;1-2H3;1-2H. The molecule has 48 valence electrons. The SMILES string of the molecule is CC.CCC.OO. The third kappa shape index (κ3) is 14200. The maximum Gasteiger partial charge on any atom is -0.0590 e. The fraction of sp³-hybridized carbons (Fsp3) is 1.00. The molecule has 0 atom stereocenters. The molecule has 7 heavy (non-hydrogen) atoms. The Morgan fingerprint density at radius 2 is 1.00 bits per heavy atom. The molecule has 0 amide bonds. The van der Waals surface area contributed by atoms with Crippen LogP contribution in [0.15, 0.2) is 0 Å². The molecule has 0 saturated heterocycles. The zero-order valence-corrected chi connectivity index (χ0v) is 5.60. The van der Waals surface area contributed by atoms with Gasteiger partial charge in [0.1, 0.15) is 0 Å². The lowest BCUT2D eigenvalue weighted by Gasteiger charge is -1.48. The van der Waals surface area contributed by atoms with Gasteiger partial charge in [0, 0.05) is 0 Å². The van der Waals surface area contributed by atoms with Crippen LogP contribution in [-0.2, 0) is 0 Å².